The van der Waals surface area contributed by atoms with E-state index in [1.807, 2.05) is 30.3 Å². The van der Waals surface area contributed by atoms with Gasteiger partial charge < -0.3 is 21.0 Å². The number of hydrogen-bond acceptors (Lipinski definition) is 13. The van der Waals surface area contributed by atoms with Crippen molar-refractivity contribution in [1.29, 1.82) is 0 Å². The Morgan fingerprint density at radius 1 is 1.34 bits per heavy atom. The van der Waals surface area contributed by atoms with Gasteiger partial charge in [-0.1, -0.05) is 51.7 Å². The summed E-state index contributed by atoms with van der Waals surface area (Å²) < 4.78 is 4.05. The van der Waals surface area contributed by atoms with Crippen molar-refractivity contribution in [2.45, 2.75) is 16.4 Å². The van der Waals surface area contributed by atoms with E-state index in [4.69, 9.17) is 10.6 Å². The first-order valence-corrected chi connectivity index (χ1v) is 14.6. The summed E-state index contributed by atoms with van der Waals surface area (Å²) in [6.07, 6.45) is 0. The normalized spacial score (nSPS) is 19.1. The molecular weight excluding hydrogens is 571 g/mol. The van der Waals surface area contributed by atoms with E-state index in [9.17, 15) is 19.5 Å². The molecule has 1 fully saturated rings. The van der Waals surface area contributed by atoms with Crippen LogP contribution in [0.1, 0.15) is 5.69 Å². The summed E-state index contributed by atoms with van der Waals surface area (Å²) in [6, 6.07) is 8.76. The van der Waals surface area contributed by atoms with Crippen molar-refractivity contribution in [2.75, 3.05) is 24.3 Å². The number of aliphatic carboxylic acids is 1. The van der Waals surface area contributed by atoms with Crippen LogP contribution in [0, 0.1) is 0 Å². The SMILES string of the molecule is CO/N=C(\C(=O)NC1C(=O)N2C(C(=O)O)=C(CSc3nnsc3-c3ccccc3)CSC12)c1csc(N)n1. The lowest BCUT2D eigenvalue weighted by molar-refractivity contribution is -0.150. The highest BCUT2D eigenvalue weighted by molar-refractivity contribution is 8.01. The Morgan fingerprint density at radius 3 is 2.82 bits per heavy atom. The number of rotatable bonds is 9. The number of amides is 2. The fraction of sp³-hybridized carbons (Fsp3) is 0.227. The van der Waals surface area contributed by atoms with Gasteiger partial charge in [-0.05, 0) is 22.7 Å². The fourth-order valence-electron chi connectivity index (χ4n) is 3.89. The van der Waals surface area contributed by atoms with Crippen LogP contribution in [0.5, 0.6) is 0 Å². The Balaban J connectivity index is 1.31. The van der Waals surface area contributed by atoms with Crippen LogP contribution in [0.3, 0.4) is 0 Å². The van der Waals surface area contributed by atoms with Gasteiger partial charge in [0.25, 0.3) is 11.8 Å². The number of anilines is 1. The fourth-order valence-corrected chi connectivity index (χ4v) is 7.72. The lowest BCUT2D eigenvalue weighted by atomic mass is 10.0. The summed E-state index contributed by atoms with van der Waals surface area (Å²) in [5.41, 5.74) is 7.23. The zero-order chi connectivity index (χ0) is 26.8. The van der Waals surface area contributed by atoms with Crippen LogP contribution in [0.2, 0.25) is 0 Å². The third kappa shape index (κ3) is 4.99. The van der Waals surface area contributed by atoms with E-state index in [0.717, 1.165) is 21.8 Å². The third-order valence-electron chi connectivity index (χ3n) is 5.58. The van der Waals surface area contributed by atoms with Gasteiger partial charge in [-0.2, -0.15) is 0 Å². The van der Waals surface area contributed by atoms with Crippen molar-refractivity contribution >= 4 is 75.0 Å². The minimum Gasteiger partial charge on any atom is -0.477 e. The molecule has 196 valence electrons. The largest absolute Gasteiger partial charge is 0.477 e. The second-order valence-corrected chi connectivity index (χ2v) is 11.6. The van der Waals surface area contributed by atoms with E-state index in [2.05, 4.69) is 25.0 Å². The van der Waals surface area contributed by atoms with Gasteiger partial charge in [-0.3, -0.25) is 14.5 Å². The Labute approximate surface area is 232 Å². The van der Waals surface area contributed by atoms with E-state index >= 15 is 0 Å². The molecule has 1 saturated heterocycles. The van der Waals surface area contributed by atoms with Crippen LogP contribution in [0.15, 0.2) is 57.2 Å². The molecule has 2 atom stereocenters. The Kier molecular flexibility index (Phi) is 7.64. The van der Waals surface area contributed by atoms with Gasteiger partial charge in [-0.25, -0.2) is 9.78 Å². The first-order chi connectivity index (χ1) is 18.4. The molecule has 0 aliphatic carbocycles. The first kappa shape index (κ1) is 26.1. The monoisotopic (exact) mass is 589 g/mol. The van der Waals surface area contributed by atoms with E-state index < -0.39 is 29.2 Å². The molecule has 12 nitrogen and oxygen atoms in total. The van der Waals surface area contributed by atoms with Crippen LogP contribution < -0.4 is 11.1 Å². The predicted molar refractivity (Wildman–Crippen MR) is 146 cm³/mol. The molecule has 2 unspecified atom stereocenters. The van der Waals surface area contributed by atoms with Gasteiger partial charge in [0.15, 0.2) is 10.8 Å². The van der Waals surface area contributed by atoms with Crippen molar-refractivity contribution in [3.8, 4) is 10.4 Å². The number of nitrogens with zero attached hydrogens (tertiary/aromatic N) is 5. The third-order valence-corrected chi connectivity index (χ3v) is 9.55. The maximum Gasteiger partial charge on any atom is 0.352 e. The second-order valence-electron chi connectivity index (χ2n) is 7.87. The molecule has 1 aromatic carbocycles. The van der Waals surface area contributed by atoms with Crippen molar-refractivity contribution in [3.63, 3.8) is 0 Å². The van der Waals surface area contributed by atoms with Crippen LogP contribution in [0.4, 0.5) is 5.13 Å². The number of nitrogen functional groups attached to an aromatic ring is 1. The Hall–Kier alpha value is -3.47. The van der Waals surface area contributed by atoms with Crippen molar-refractivity contribution in [2.24, 2.45) is 5.16 Å². The molecule has 0 bridgehead atoms. The molecule has 5 rings (SSSR count). The van der Waals surface area contributed by atoms with E-state index in [1.165, 1.54) is 47.1 Å². The minimum atomic E-state index is -1.21. The number of oxime groups is 1. The number of carboxylic acid groups (broad SMARTS) is 1. The number of hydrogen-bond donors (Lipinski definition) is 3. The number of fused-ring (bicyclic) bond motifs is 1. The maximum absolute atomic E-state index is 13.1. The zero-order valence-corrected chi connectivity index (χ0v) is 22.8. The highest BCUT2D eigenvalue weighted by atomic mass is 32.2. The van der Waals surface area contributed by atoms with E-state index in [1.54, 1.807) is 5.38 Å². The molecule has 2 amide bonds. The molecule has 2 aliphatic rings. The van der Waals surface area contributed by atoms with Crippen LogP contribution in [0.25, 0.3) is 10.4 Å². The predicted octanol–water partition coefficient (Wildman–Crippen LogP) is 2.13. The number of β-lactam (4-membered cyclic amide) rings is 1. The number of carboxylic acids is 1. The van der Waals surface area contributed by atoms with Gasteiger partial charge in [0.05, 0.1) is 4.88 Å². The highest BCUT2D eigenvalue weighted by Gasteiger charge is 2.54. The number of aromatic nitrogens is 3. The molecule has 4 N–H and O–H groups in total. The van der Waals surface area contributed by atoms with Crippen molar-refractivity contribution in [3.05, 3.63) is 52.7 Å². The topological polar surface area (TPSA) is 173 Å². The summed E-state index contributed by atoms with van der Waals surface area (Å²) in [7, 11) is 1.28. The maximum atomic E-state index is 13.1. The average Bonchev–Trinajstić information content (AvgIpc) is 3.57. The van der Waals surface area contributed by atoms with Gasteiger partial charge in [0.1, 0.15) is 34.9 Å². The molecule has 38 heavy (non-hydrogen) atoms. The molecule has 2 aliphatic heterocycles. The van der Waals surface area contributed by atoms with Gasteiger partial charge in [-0.15, -0.1) is 28.2 Å². The number of thioether (sulfide) groups is 2. The second kappa shape index (κ2) is 11.1. The van der Waals surface area contributed by atoms with E-state index in [0.29, 0.717) is 22.1 Å². The summed E-state index contributed by atoms with van der Waals surface area (Å²) in [5.74, 6) is -1.71. The zero-order valence-electron chi connectivity index (χ0n) is 19.6. The minimum absolute atomic E-state index is 0.0701. The van der Waals surface area contributed by atoms with Crippen LogP contribution in [-0.2, 0) is 19.2 Å². The molecule has 0 radical (unpaired) electrons. The number of benzene rings is 1. The lowest BCUT2D eigenvalue weighted by Gasteiger charge is -2.49. The quantitative estimate of drug-likeness (QED) is 0.144. The number of nitrogens with two attached hydrogens (primary N) is 1. The van der Waals surface area contributed by atoms with Gasteiger partial charge >= 0.3 is 5.97 Å². The standard InChI is InChI=1S/C22H19N7O5S4/c1-34-27-13(12-9-37-22(23)24-12)17(30)25-14-19(31)29-15(21(32)33)11(8-36-20(14)29)7-35-18-16(38-28-26-18)10-5-3-2-4-6-10/h2-6,9,14,20H,7-8H2,1H3,(H2,23,24)(H,25,30)(H,32,33)/b27-13-. The molecule has 2 aromatic heterocycles. The molecule has 0 saturated carbocycles. The Morgan fingerprint density at radius 2 is 2.13 bits per heavy atom. The van der Waals surface area contributed by atoms with E-state index in [-0.39, 0.29) is 22.2 Å². The van der Waals surface area contributed by atoms with Gasteiger partial charge in [0, 0.05) is 16.9 Å². The Bertz CT molecular complexity index is 1450. The highest BCUT2D eigenvalue weighted by Crippen LogP contribution is 2.42. The number of carbonyl (C=O) groups excluding carboxylic acids is 2. The van der Waals surface area contributed by atoms with Crippen molar-refractivity contribution in [1.82, 2.24) is 24.8 Å². The molecule has 16 heteroatoms. The summed E-state index contributed by atoms with van der Waals surface area (Å²) in [5, 5.41) is 22.5. The van der Waals surface area contributed by atoms with Crippen molar-refractivity contribution < 1.29 is 24.3 Å². The van der Waals surface area contributed by atoms with Crippen LogP contribution in [-0.4, -0.2) is 78.1 Å². The molecule has 4 heterocycles. The molecule has 3 aromatic rings. The van der Waals surface area contributed by atoms with Crippen LogP contribution >= 0.6 is 46.4 Å². The number of thiazole rings is 1. The summed E-state index contributed by atoms with van der Waals surface area (Å²) in [4.78, 5) is 49.1. The van der Waals surface area contributed by atoms with Gasteiger partial charge in [0.2, 0.25) is 0 Å². The summed E-state index contributed by atoms with van der Waals surface area (Å²) >= 11 is 5.15. The number of nitrogens with one attached hydrogen (secondary N) is 1. The molecular formula is C22H19N7O5S4. The average molecular weight is 590 g/mol. The summed E-state index contributed by atoms with van der Waals surface area (Å²) in [6.45, 7) is 0. The smallest absolute Gasteiger partial charge is 0.352 e. The molecule has 0 spiro atoms. The first-order valence-electron chi connectivity index (χ1n) is 10.9. The number of carbonyl (C=O) groups is 3. The lowest BCUT2D eigenvalue weighted by Crippen LogP contribution is -2.71.